The normalized spacial score (nSPS) is 19.0. The summed E-state index contributed by atoms with van der Waals surface area (Å²) in [5, 5.41) is 3.04. The van der Waals surface area contributed by atoms with E-state index < -0.39 is 16.1 Å². The zero-order chi connectivity index (χ0) is 15.7. The van der Waals surface area contributed by atoms with Gasteiger partial charge in [-0.15, -0.1) is 0 Å². The third-order valence-corrected chi connectivity index (χ3v) is 5.88. The average molecular weight is 337 g/mol. The number of amides is 1. The van der Waals surface area contributed by atoms with Gasteiger partial charge in [0.15, 0.2) is 0 Å². The topological polar surface area (TPSA) is 75.3 Å². The smallest absolute Gasteiger partial charge is 0.238 e. The Hall–Kier alpha value is -0.270. The molecule has 0 bridgehead atoms. The zero-order valence-corrected chi connectivity index (χ0v) is 14.7. The van der Waals surface area contributed by atoms with Crippen molar-refractivity contribution >= 4 is 27.7 Å². The van der Waals surface area contributed by atoms with E-state index in [0.29, 0.717) is 6.42 Å². The highest BCUT2D eigenvalue weighted by Crippen LogP contribution is 2.17. The van der Waals surface area contributed by atoms with Gasteiger partial charge < -0.3 is 5.32 Å². The van der Waals surface area contributed by atoms with Crippen molar-refractivity contribution in [3.05, 3.63) is 0 Å². The maximum Gasteiger partial charge on any atom is 0.238 e. The first kappa shape index (κ1) is 18.8. The van der Waals surface area contributed by atoms with Gasteiger partial charge in [-0.3, -0.25) is 4.79 Å². The van der Waals surface area contributed by atoms with Crippen LogP contribution in [0.2, 0.25) is 0 Å². The highest BCUT2D eigenvalue weighted by molar-refractivity contribution is 7.98. The fraction of sp³-hybridized carbons (Fsp3) is 0.929. The number of thioether (sulfide) groups is 1. The van der Waals surface area contributed by atoms with Crippen molar-refractivity contribution in [2.45, 2.75) is 64.0 Å². The molecule has 5 nitrogen and oxygen atoms in total. The third-order valence-electron chi connectivity index (χ3n) is 3.83. The number of hydrogen-bond acceptors (Lipinski definition) is 4. The quantitative estimate of drug-likeness (QED) is 0.664. The molecule has 2 N–H and O–H groups in total. The molecule has 0 radical (unpaired) electrons. The van der Waals surface area contributed by atoms with Crippen LogP contribution >= 0.6 is 11.8 Å². The lowest BCUT2D eigenvalue weighted by Crippen LogP contribution is -2.50. The van der Waals surface area contributed by atoms with Gasteiger partial charge >= 0.3 is 0 Å². The monoisotopic (exact) mass is 336 g/mol. The van der Waals surface area contributed by atoms with Crippen LogP contribution in [0.25, 0.3) is 0 Å². The minimum absolute atomic E-state index is 0.000519. The lowest BCUT2D eigenvalue weighted by atomic mass is 10.1. The number of hydrogen-bond donors (Lipinski definition) is 2. The molecule has 0 spiro atoms. The summed E-state index contributed by atoms with van der Waals surface area (Å²) in [6.07, 6.45) is 9.22. The Balaban J connectivity index is 2.60. The fourth-order valence-electron chi connectivity index (χ4n) is 2.50. The molecule has 0 heterocycles. The van der Waals surface area contributed by atoms with E-state index in [-0.39, 0.29) is 17.7 Å². The van der Waals surface area contributed by atoms with Gasteiger partial charge in [-0.1, -0.05) is 25.7 Å². The van der Waals surface area contributed by atoms with Crippen LogP contribution in [-0.2, 0) is 14.8 Å². The van der Waals surface area contributed by atoms with Gasteiger partial charge in [-0.2, -0.15) is 11.8 Å². The number of rotatable bonds is 8. The van der Waals surface area contributed by atoms with Crippen molar-refractivity contribution < 1.29 is 13.2 Å². The van der Waals surface area contributed by atoms with Crippen LogP contribution < -0.4 is 10.0 Å². The summed E-state index contributed by atoms with van der Waals surface area (Å²) < 4.78 is 26.0. The first-order chi connectivity index (χ1) is 9.98. The summed E-state index contributed by atoms with van der Waals surface area (Å²) in [6, 6.07) is -0.450. The molecular formula is C14H28N2O3S2. The van der Waals surface area contributed by atoms with E-state index in [1.54, 1.807) is 18.7 Å². The molecular weight excluding hydrogens is 308 g/mol. The lowest BCUT2D eigenvalue weighted by Gasteiger charge is -2.22. The number of carbonyl (C=O) groups is 1. The maximum absolute atomic E-state index is 12.4. The summed E-state index contributed by atoms with van der Waals surface area (Å²) in [4.78, 5) is 12.4. The van der Waals surface area contributed by atoms with Gasteiger partial charge in [0.25, 0.3) is 0 Å². The van der Waals surface area contributed by atoms with Crippen molar-refractivity contribution in [1.29, 1.82) is 0 Å². The van der Waals surface area contributed by atoms with Gasteiger partial charge in [-0.05, 0) is 38.2 Å². The van der Waals surface area contributed by atoms with E-state index in [0.717, 1.165) is 31.4 Å². The molecule has 1 unspecified atom stereocenters. The Bertz CT molecular complexity index is 404. The van der Waals surface area contributed by atoms with Crippen LogP contribution in [0.15, 0.2) is 0 Å². The summed E-state index contributed by atoms with van der Waals surface area (Å²) in [5.74, 6) is 0.585. The van der Waals surface area contributed by atoms with Crippen LogP contribution in [0, 0.1) is 0 Å². The number of nitrogens with one attached hydrogen (secondary N) is 2. The Labute approximate surface area is 133 Å². The van der Waals surface area contributed by atoms with E-state index in [1.807, 2.05) is 6.26 Å². The highest BCUT2D eigenvalue weighted by Gasteiger charge is 2.25. The molecule has 21 heavy (non-hydrogen) atoms. The van der Waals surface area contributed by atoms with Gasteiger partial charge in [0.1, 0.15) is 6.04 Å². The molecule has 0 aromatic carbocycles. The second-order valence-corrected chi connectivity index (χ2v) is 8.58. The van der Waals surface area contributed by atoms with Crippen molar-refractivity contribution in [1.82, 2.24) is 10.0 Å². The van der Waals surface area contributed by atoms with Crippen molar-refractivity contribution in [3.63, 3.8) is 0 Å². The molecule has 7 heteroatoms. The van der Waals surface area contributed by atoms with Crippen molar-refractivity contribution in [2.75, 3.05) is 17.8 Å². The van der Waals surface area contributed by atoms with Crippen LogP contribution in [0.1, 0.15) is 51.9 Å². The summed E-state index contributed by atoms with van der Waals surface area (Å²) >= 11 is 1.62. The molecule has 1 aliphatic carbocycles. The van der Waals surface area contributed by atoms with Crippen LogP contribution in [0.4, 0.5) is 0 Å². The van der Waals surface area contributed by atoms with Gasteiger partial charge in [0.05, 0.1) is 5.75 Å². The molecule has 0 aromatic heterocycles. The maximum atomic E-state index is 12.4. The number of sulfonamides is 1. The largest absolute Gasteiger partial charge is 0.352 e. The zero-order valence-electron chi connectivity index (χ0n) is 13.1. The van der Waals surface area contributed by atoms with Gasteiger partial charge in [0, 0.05) is 6.04 Å². The fourth-order valence-corrected chi connectivity index (χ4v) is 3.80. The first-order valence-corrected chi connectivity index (χ1v) is 10.8. The minimum atomic E-state index is -3.36. The standard InChI is InChI=1S/C14H28N2O3S2/c1-3-21(18,19)16-13(10-11-20-2)14(17)15-12-8-6-4-5-7-9-12/h12-13,16H,3-11H2,1-2H3,(H,15,17). The Morgan fingerprint density at radius 2 is 1.86 bits per heavy atom. The molecule has 0 aromatic rings. The predicted octanol–water partition coefficient (Wildman–Crippen LogP) is 1.89. The molecule has 1 atom stereocenters. The van der Waals surface area contributed by atoms with E-state index >= 15 is 0 Å². The van der Waals surface area contributed by atoms with Crippen molar-refractivity contribution in [3.8, 4) is 0 Å². The Kier molecular flexibility index (Phi) is 8.66. The van der Waals surface area contributed by atoms with Crippen LogP contribution in [-0.4, -0.2) is 44.2 Å². The first-order valence-electron chi connectivity index (χ1n) is 7.78. The van der Waals surface area contributed by atoms with E-state index in [4.69, 9.17) is 0 Å². The van der Waals surface area contributed by atoms with Gasteiger partial charge in [0.2, 0.25) is 15.9 Å². The SMILES string of the molecule is CCS(=O)(=O)NC(CCSC)C(=O)NC1CCCCCC1. The van der Waals surface area contributed by atoms with Gasteiger partial charge in [-0.25, -0.2) is 13.1 Å². The molecule has 0 saturated heterocycles. The molecule has 1 saturated carbocycles. The number of carbonyl (C=O) groups excluding carboxylic acids is 1. The average Bonchev–Trinajstić information content (AvgIpc) is 2.72. The molecule has 1 fully saturated rings. The Morgan fingerprint density at radius 1 is 1.24 bits per heavy atom. The predicted molar refractivity (Wildman–Crippen MR) is 89.0 cm³/mol. The second kappa shape index (κ2) is 9.69. The molecule has 1 amide bonds. The van der Waals surface area contributed by atoms with E-state index in [1.165, 1.54) is 12.8 Å². The molecule has 0 aliphatic heterocycles. The molecule has 124 valence electrons. The lowest BCUT2D eigenvalue weighted by molar-refractivity contribution is -0.123. The van der Waals surface area contributed by atoms with E-state index in [9.17, 15) is 13.2 Å². The van der Waals surface area contributed by atoms with Crippen LogP contribution in [0.5, 0.6) is 0 Å². The summed E-state index contributed by atoms with van der Waals surface area (Å²) in [7, 11) is -3.36. The van der Waals surface area contributed by atoms with Crippen molar-refractivity contribution in [2.24, 2.45) is 0 Å². The van der Waals surface area contributed by atoms with E-state index in [2.05, 4.69) is 10.0 Å². The molecule has 1 rings (SSSR count). The second-order valence-electron chi connectivity index (χ2n) is 5.55. The third kappa shape index (κ3) is 7.51. The highest BCUT2D eigenvalue weighted by atomic mass is 32.2. The molecule has 1 aliphatic rings. The summed E-state index contributed by atoms with van der Waals surface area (Å²) in [5.41, 5.74) is 0. The minimum Gasteiger partial charge on any atom is -0.352 e. The Morgan fingerprint density at radius 3 is 2.38 bits per heavy atom. The summed E-state index contributed by atoms with van der Waals surface area (Å²) in [6.45, 7) is 1.58. The van der Waals surface area contributed by atoms with Crippen LogP contribution in [0.3, 0.4) is 0 Å².